The van der Waals surface area contributed by atoms with Crippen LogP contribution in [-0.4, -0.2) is 6.67 Å². The van der Waals surface area contributed by atoms with E-state index in [2.05, 4.69) is 20.8 Å². The lowest BCUT2D eigenvalue weighted by Crippen LogP contribution is -2.15. The molecular weight excluding hydrogens is 139 g/mol. The molecule has 0 fully saturated rings. The standard InChI is InChI=1S/C10H21F/c1-4-6-7-10(3,5-2)8-9-11/h4-9H2,1-3H3. The van der Waals surface area contributed by atoms with Crippen LogP contribution in [0.5, 0.6) is 0 Å². The number of hydrogen-bond acceptors (Lipinski definition) is 0. The molecule has 0 aliphatic heterocycles. The van der Waals surface area contributed by atoms with E-state index in [0.29, 0.717) is 0 Å². The van der Waals surface area contributed by atoms with E-state index in [-0.39, 0.29) is 12.1 Å². The van der Waals surface area contributed by atoms with Crippen LogP contribution in [0.4, 0.5) is 4.39 Å². The molecule has 1 atom stereocenters. The Hall–Kier alpha value is -0.0700. The van der Waals surface area contributed by atoms with E-state index in [0.717, 1.165) is 12.8 Å². The number of rotatable bonds is 6. The molecule has 0 spiro atoms. The van der Waals surface area contributed by atoms with Crippen molar-refractivity contribution in [1.29, 1.82) is 0 Å². The third kappa shape index (κ3) is 4.39. The van der Waals surface area contributed by atoms with Crippen LogP contribution in [0.3, 0.4) is 0 Å². The third-order valence-electron chi connectivity index (χ3n) is 2.69. The van der Waals surface area contributed by atoms with E-state index in [1.165, 1.54) is 19.3 Å². The van der Waals surface area contributed by atoms with Gasteiger partial charge in [-0.3, -0.25) is 4.39 Å². The minimum atomic E-state index is -0.159. The van der Waals surface area contributed by atoms with Crippen LogP contribution >= 0.6 is 0 Å². The van der Waals surface area contributed by atoms with E-state index in [1.807, 2.05) is 0 Å². The molecule has 0 aliphatic rings. The maximum absolute atomic E-state index is 12.1. The molecular formula is C10H21F. The molecule has 1 heteroatoms. The van der Waals surface area contributed by atoms with Crippen molar-refractivity contribution in [3.63, 3.8) is 0 Å². The van der Waals surface area contributed by atoms with Gasteiger partial charge in [-0.25, -0.2) is 0 Å². The highest BCUT2D eigenvalue weighted by atomic mass is 19.1. The van der Waals surface area contributed by atoms with E-state index in [9.17, 15) is 4.39 Å². The molecule has 0 saturated carbocycles. The SMILES string of the molecule is CCCCC(C)(CC)CCF. The van der Waals surface area contributed by atoms with Crippen molar-refractivity contribution in [1.82, 2.24) is 0 Å². The molecule has 0 saturated heterocycles. The van der Waals surface area contributed by atoms with Gasteiger partial charge >= 0.3 is 0 Å². The predicted molar refractivity (Wildman–Crippen MR) is 48.5 cm³/mol. The van der Waals surface area contributed by atoms with Gasteiger partial charge in [0.25, 0.3) is 0 Å². The maximum Gasteiger partial charge on any atom is 0.0899 e. The van der Waals surface area contributed by atoms with Gasteiger partial charge in [0, 0.05) is 0 Å². The third-order valence-corrected chi connectivity index (χ3v) is 2.69. The zero-order valence-corrected chi connectivity index (χ0v) is 8.12. The number of hydrogen-bond donors (Lipinski definition) is 0. The summed E-state index contributed by atoms with van der Waals surface area (Å²) in [6.45, 7) is 6.38. The molecule has 68 valence electrons. The Morgan fingerprint density at radius 1 is 1.18 bits per heavy atom. The number of alkyl halides is 1. The van der Waals surface area contributed by atoms with E-state index in [1.54, 1.807) is 0 Å². The molecule has 0 heterocycles. The zero-order chi connectivity index (χ0) is 8.74. The predicted octanol–water partition coefficient (Wildman–Crippen LogP) is 3.95. The van der Waals surface area contributed by atoms with Crippen molar-refractivity contribution < 1.29 is 4.39 Å². The van der Waals surface area contributed by atoms with E-state index < -0.39 is 0 Å². The van der Waals surface area contributed by atoms with Crippen LogP contribution in [0.15, 0.2) is 0 Å². The molecule has 0 amide bonds. The van der Waals surface area contributed by atoms with Crippen LogP contribution in [0.1, 0.15) is 52.9 Å². The maximum atomic E-state index is 12.1. The average molecular weight is 160 g/mol. The first-order chi connectivity index (χ1) is 5.18. The van der Waals surface area contributed by atoms with Crippen molar-refractivity contribution in [2.75, 3.05) is 6.67 Å². The van der Waals surface area contributed by atoms with Gasteiger partial charge in [-0.2, -0.15) is 0 Å². The number of halogens is 1. The van der Waals surface area contributed by atoms with Gasteiger partial charge in [-0.05, 0) is 18.3 Å². The monoisotopic (exact) mass is 160 g/mol. The molecule has 0 N–H and O–H groups in total. The molecule has 1 unspecified atom stereocenters. The van der Waals surface area contributed by atoms with Gasteiger partial charge < -0.3 is 0 Å². The lowest BCUT2D eigenvalue weighted by Gasteiger charge is -2.26. The Balaban J connectivity index is 3.68. The smallest absolute Gasteiger partial charge is 0.0899 e. The fourth-order valence-electron chi connectivity index (χ4n) is 1.31. The minimum absolute atomic E-state index is 0.159. The van der Waals surface area contributed by atoms with Crippen molar-refractivity contribution in [3.05, 3.63) is 0 Å². The van der Waals surface area contributed by atoms with Gasteiger partial charge in [0.1, 0.15) is 0 Å². The van der Waals surface area contributed by atoms with Crippen LogP contribution in [0.25, 0.3) is 0 Å². The van der Waals surface area contributed by atoms with Crippen molar-refractivity contribution in [2.45, 2.75) is 52.9 Å². The van der Waals surface area contributed by atoms with Crippen molar-refractivity contribution in [3.8, 4) is 0 Å². The van der Waals surface area contributed by atoms with Gasteiger partial charge in [0.2, 0.25) is 0 Å². The Kier molecular flexibility index (Phi) is 5.53. The molecule has 11 heavy (non-hydrogen) atoms. The molecule has 0 aromatic carbocycles. The summed E-state index contributed by atoms with van der Waals surface area (Å²) in [6.07, 6.45) is 5.50. The Bertz CT molecular complexity index is 90.9. The molecule has 0 nitrogen and oxygen atoms in total. The lowest BCUT2D eigenvalue weighted by atomic mass is 9.80. The first kappa shape index (κ1) is 10.9. The molecule has 0 rings (SSSR count). The van der Waals surface area contributed by atoms with Crippen LogP contribution < -0.4 is 0 Å². The molecule has 0 aromatic heterocycles. The Morgan fingerprint density at radius 2 is 1.82 bits per heavy atom. The second-order valence-corrected chi connectivity index (χ2v) is 3.71. The van der Waals surface area contributed by atoms with Crippen LogP contribution in [0, 0.1) is 5.41 Å². The summed E-state index contributed by atoms with van der Waals surface area (Å²) in [6, 6.07) is 0. The summed E-state index contributed by atoms with van der Waals surface area (Å²) in [5, 5.41) is 0. The summed E-state index contributed by atoms with van der Waals surface area (Å²) in [7, 11) is 0. The van der Waals surface area contributed by atoms with Gasteiger partial charge in [0.05, 0.1) is 6.67 Å². The first-order valence-electron chi connectivity index (χ1n) is 4.74. The van der Waals surface area contributed by atoms with Crippen molar-refractivity contribution >= 4 is 0 Å². The quantitative estimate of drug-likeness (QED) is 0.552. The highest BCUT2D eigenvalue weighted by molar-refractivity contribution is 4.71. The first-order valence-corrected chi connectivity index (χ1v) is 4.74. The second-order valence-electron chi connectivity index (χ2n) is 3.71. The summed E-state index contributed by atoms with van der Waals surface area (Å²) in [5.74, 6) is 0. The van der Waals surface area contributed by atoms with Crippen LogP contribution in [-0.2, 0) is 0 Å². The molecule has 0 aliphatic carbocycles. The van der Waals surface area contributed by atoms with Gasteiger partial charge in [-0.1, -0.05) is 40.0 Å². The van der Waals surface area contributed by atoms with E-state index >= 15 is 0 Å². The van der Waals surface area contributed by atoms with Crippen molar-refractivity contribution in [2.24, 2.45) is 5.41 Å². The largest absolute Gasteiger partial charge is 0.251 e. The summed E-state index contributed by atoms with van der Waals surface area (Å²) in [5.41, 5.74) is 0.269. The number of unbranched alkanes of at least 4 members (excludes halogenated alkanes) is 1. The molecule has 0 aromatic rings. The lowest BCUT2D eigenvalue weighted by molar-refractivity contribution is 0.225. The summed E-state index contributed by atoms with van der Waals surface area (Å²) < 4.78 is 12.1. The zero-order valence-electron chi connectivity index (χ0n) is 8.12. The minimum Gasteiger partial charge on any atom is -0.251 e. The van der Waals surface area contributed by atoms with E-state index in [4.69, 9.17) is 0 Å². The highest BCUT2D eigenvalue weighted by Gasteiger charge is 2.20. The Labute approximate surface area is 70.2 Å². The summed E-state index contributed by atoms with van der Waals surface area (Å²) >= 11 is 0. The normalized spacial score (nSPS) is 16.4. The Morgan fingerprint density at radius 3 is 2.18 bits per heavy atom. The summed E-state index contributed by atoms with van der Waals surface area (Å²) in [4.78, 5) is 0. The van der Waals surface area contributed by atoms with Gasteiger partial charge in [0.15, 0.2) is 0 Å². The van der Waals surface area contributed by atoms with Crippen LogP contribution in [0.2, 0.25) is 0 Å². The fourth-order valence-corrected chi connectivity index (χ4v) is 1.31. The second kappa shape index (κ2) is 5.56. The molecule has 0 radical (unpaired) electrons. The van der Waals surface area contributed by atoms with Gasteiger partial charge in [-0.15, -0.1) is 0 Å². The molecule has 0 bridgehead atoms. The fraction of sp³-hybridized carbons (Fsp3) is 1.00. The average Bonchev–Trinajstić information content (AvgIpc) is 2.02. The highest BCUT2D eigenvalue weighted by Crippen LogP contribution is 2.31. The topological polar surface area (TPSA) is 0 Å².